The summed E-state index contributed by atoms with van der Waals surface area (Å²) in [6.45, 7) is -0.361. The summed E-state index contributed by atoms with van der Waals surface area (Å²) < 4.78 is 37.3. The van der Waals surface area contributed by atoms with Crippen LogP contribution >= 0.6 is 0 Å². The molecule has 0 aliphatic rings. The molecule has 0 amide bonds. The van der Waals surface area contributed by atoms with Crippen molar-refractivity contribution in [1.29, 1.82) is 0 Å². The molecule has 1 aromatic rings. The van der Waals surface area contributed by atoms with E-state index < -0.39 is 17.7 Å². The Hall–Kier alpha value is -1.10. The van der Waals surface area contributed by atoms with E-state index in [1.165, 1.54) is 0 Å². The molecule has 1 heterocycles. The normalized spacial score (nSPS) is 10.3. The minimum absolute atomic E-state index is 0.123. The van der Waals surface area contributed by atoms with Crippen LogP contribution in [0, 0.1) is 17.7 Å². The van der Waals surface area contributed by atoms with Crippen molar-refractivity contribution in [3.8, 4) is 0 Å². The smallest absolute Gasteiger partial charge is 0.251 e. The standard InChI is InChI=1S/C7H6F3NO/c8-5-3-4(1-2-12)6(9)7(10)11-5/h3,12H,1-2H2. The van der Waals surface area contributed by atoms with Crippen molar-refractivity contribution in [2.24, 2.45) is 0 Å². The van der Waals surface area contributed by atoms with Crippen LogP contribution in [-0.4, -0.2) is 16.7 Å². The van der Waals surface area contributed by atoms with Gasteiger partial charge in [-0.15, -0.1) is 0 Å². The number of aliphatic hydroxyl groups excluding tert-OH is 1. The van der Waals surface area contributed by atoms with Crippen LogP contribution in [0.2, 0.25) is 0 Å². The summed E-state index contributed by atoms with van der Waals surface area (Å²) in [5.41, 5.74) is -0.206. The summed E-state index contributed by atoms with van der Waals surface area (Å²) in [6.07, 6.45) is -0.123. The van der Waals surface area contributed by atoms with Gasteiger partial charge < -0.3 is 5.11 Å². The molecule has 1 aromatic heterocycles. The third-order valence-electron chi connectivity index (χ3n) is 1.34. The molecule has 2 nitrogen and oxygen atoms in total. The second-order valence-electron chi connectivity index (χ2n) is 2.18. The number of hydrogen-bond acceptors (Lipinski definition) is 2. The van der Waals surface area contributed by atoms with Gasteiger partial charge in [-0.2, -0.15) is 13.8 Å². The quantitative estimate of drug-likeness (QED) is 0.684. The minimum atomic E-state index is -1.47. The van der Waals surface area contributed by atoms with E-state index in [-0.39, 0.29) is 18.6 Å². The van der Waals surface area contributed by atoms with E-state index in [1.807, 2.05) is 0 Å². The van der Waals surface area contributed by atoms with Gasteiger partial charge in [-0.05, 0) is 18.1 Å². The van der Waals surface area contributed by atoms with Crippen LogP contribution in [-0.2, 0) is 6.42 Å². The van der Waals surface area contributed by atoms with E-state index in [1.54, 1.807) is 0 Å². The van der Waals surface area contributed by atoms with E-state index in [2.05, 4.69) is 4.98 Å². The maximum absolute atomic E-state index is 12.7. The molecular formula is C7H6F3NO. The Kier molecular flexibility index (Phi) is 2.65. The summed E-state index contributed by atoms with van der Waals surface area (Å²) in [7, 11) is 0. The van der Waals surface area contributed by atoms with Crippen LogP contribution in [0.4, 0.5) is 13.2 Å². The molecule has 0 aliphatic heterocycles. The third kappa shape index (κ3) is 1.73. The number of aromatic nitrogens is 1. The summed E-state index contributed by atoms with van der Waals surface area (Å²) >= 11 is 0. The molecule has 66 valence electrons. The second-order valence-corrected chi connectivity index (χ2v) is 2.18. The monoisotopic (exact) mass is 177 g/mol. The Morgan fingerprint density at radius 3 is 2.58 bits per heavy atom. The fourth-order valence-corrected chi connectivity index (χ4v) is 0.817. The van der Waals surface area contributed by atoms with Gasteiger partial charge in [0.2, 0.25) is 5.95 Å². The highest BCUT2D eigenvalue weighted by Gasteiger charge is 2.11. The first kappa shape index (κ1) is 8.99. The SMILES string of the molecule is OCCc1cc(F)nc(F)c1F. The van der Waals surface area contributed by atoms with Crippen LogP contribution in [0.15, 0.2) is 6.07 Å². The number of pyridine rings is 1. The van der Waals surface area contributed by atoms with Crippen LogP contribution in [0.5, 0.6) is 0 Å². The molecule has 0 fully saturated rings. The Morgan fingerprint density at radius 2 is 2.00 bits per heavy atom. The van der Waals surface area contributed by atoms with E-state index in [9.17, 15) is 13.2 Å². The Bertz CT molecular complexity index is 290. The molecule has 1 rings (SSSR count). The zero-order valence-electron chi connectivity index (χ0n) is 6.02. The first-order chi connectivity index (χ1) is 5.65. The van der Waals surface area contributed by atoms with Crippen molar-refractivity contribution >= 4 is 0 Å². The topological polar surface area (TPSA) is 33.1 Å². The molecule has 1 N–H and O–H groups in total. The predicted octanol–water partition coefficient (Wildman–Crippen LogP) is 1.03. The summed E-state index contributed by atoms with van der Waals surface area (Å²) in [6, 6.07) is 0.759. The van der Waals surface area contributed by atoms with Gasteiger partial charge in [-0.3, -0.25) is 0 Å². The number of halogens is 3. The zero-order chi connectivity index (χ0) is 9.14. The summed E-state index contributed by atoms with van der Waals surface area (Å²) in [5, 5.41) is 8.39. The van der Waals surface area contributed by atoms with E-state index >= 15 is 0 Å². The third-order valence-corrected chi connectivity index (χ3v) is 1.34. The van der Waals surface area contributed by atoms with Gasteiger partial charge in [0, 0.05) is 6.61 Å². The molecule has 12 heavy (non-hydrogen) atoms. The molecule has 0 saturated carbocycles. The lowest BCUT2D eigenvalue weighted by atomic mass is 10.2. The summed E-state index contributed by atoms with van der Waals surface area (Å²) in [4.78, 5) is 2.63. The maximum Gasteiger partial charge on any atom is 0.251 e. The van der Waals surface area contributed by atoms with E-state index in [4.69, 9.17) is 5.11 Å². The van der Waals surface area contributed by atoms with E-state index in [0.717, 1.165) is 6.07 Å². The van der Waals surface area contributed by atoms with Crippen molar-refractivity contribution in [3.63, 3.8) is 0 Å². The average molecular weight is 177 g/mol. The molecular weight excluding hydrogens is 171 g/mol. The van der Waals surface area contributed by atoms with Crippen molar-refractivity contribution in [3.05, 3.63) is 29.3 Å². The lowest BCUT2D eigenvalue weighted by Gasteiger charge is -2.00. The Balaban J connectivity index is 3.09. The Morgan fingerprint density at radius 1 is 1.33 bits per heavy atom. The number of rotatable bonds is 2. The van der Waals surface area contributed by atoms with Gasteiger partial charge in [0.1, 0.15) is 0 Å². The lowest BCUT2D eigenvalue weighted by Crippen LogP contribution is -2.02. The van der Waals surface area contributed by atoms with E-state index in [0.29, 0.717) is 0 Å². The first-order valence-electron chi connectivity index (χ1n) is 3.26. The fraction of sp³-hybridized carbons (Fsp3) is 0.286. The van der Waals surface area contributed by atoms with Gasteiger partial charge in [0.25, 0.3) is 5.95 Å². The Labute approximate surface area is 66.7 Å². The van der Waals surface area contributed by atoms with Crippen LogP contribution < -0.4 is 0 Å². The largest absolute Gasteiger partial charge is 0.396 e. The molecule has 0 saturated heterocycles. The summed E-state index contributed by atoms with van der Waals surface area (Å²) in [5.74, 6) is -3.76. The highest BCUT2D eigenvalue weighted by Crippen LogP contribution is 2.11. The number of nitrogens with zero attached hydrogens (tertiary/aromatic N) is 1. The molecule has 0 bridgehead atoms. The van der Waals surface area contributed by atoms with Gasteiger partial charge in [0.05, 0.1) is 0 Å². The van der Waals surface area contributed by atoms with Crippen LogP contribution in [0.1, 0.15) is 5.56 Å². The van der Waals surface area contributed by atoms with Gasteiger partial charge in [-0.25, -0.2) is 4.39 Å². The average Bonchev–Trinajstić information content (AvgIpc) is 2.00. The van der Waals surface area contributed by atoms with Crippen LogP contribution in [0.25, 0.3) is 0 Å². The highest BCUT2D eigenvalue weighted by molar-refractivity contribution is 5.14. The molecule has 0 aliphatic carbocycles. The van der Waals surface area contributed by atoms with Crippen molar-refractivity contribution < 1.29 is 18.3 Å². The highest BCUT2D eigenvalue weighted by atomic mass is 19.2. The zero-order valence-corrected chi connectivity index (χ0v) is 6.02. The predicted molar refractivity (Wildman–Crippen MR) is 34.9 cm³/mol. The molecule has 5 heteroatoms. The van der Waals surface area contributed by atoms with Gasteiger partial charge in [0.15, 0.2) is 5.82 Å². The molecule has 0 radical (unpaired) electrons. The fourth-order valence-electron chi connectivity index (χ4n) is 0.817. The van der Waals surface area contributed by atoms with Crippen LogP contribution in [0.3, 0.4) is 0 Å². The number of hydrogen-bond donors (Lipinski definition) is 1. The second kappa shape index (κ2) is 3.53. The molecule has 0 aromatic carbocycles. The molecule has 0 unspecified atom stereocenters. The van der Waals surface area contributed by atoms with Crippen molar-refractivity contribution in [1.82, 2.24) is 4.98 Å². The van der Waals surface area contributed by atoms with Gasteiger partial charge in [-0.1, -0.05) is 0 Å². The minimum Gasteiger partial charge on any atom is -0.396 e. The molecule has 0 atom stereocenters. The first-order valence-corrected chi connectivity index (χ1v) is 3.26. The number of aliphatic hydroxyl groups is 1. The maximum atomic E-state index is 12.7. The molecule has 0 spiro atoms. The van der Waals surface area contributed by atoms with Gasteiger partial charge >= 0.3 is 0 Å². The van der Waals surface area contributed by atoms with Crippen molar-refractivity contribution in [2.75, 3.05) is 6.61 Å². The van der Waals surface area contributed by atoms with Crippen molar-refractivity contribution in [2.45, 2.75) is 6.42 Å². The lowest BCUT2D eigenvalue weighted by molar-refractivity contribution is 0.296.